The molecule has 4 rings (SSSR count). The lowest BCUT2D eigenvalue weighted by Gasteiger charge is -2.26. The number of primary amides is 1. The van der Waals surface area contributed by atoms with Gasteiger partial charge >= 0.3 is 0 Å². The van der Waals surface area contributed by atoms with Crippen LogP contribution in [0.3, 0.4) is 0 Å². The van der Waals surface area contributed by atoms with Crippen molar-refractivity contribution in [2.24, 2.45) is 5.73 Å². The molecule has 36 heavy (non-hydrogen) atoms. The summed E-state index contributed by atoms with van der Waals surface area (Å²) < 4.78 is 61.9. The summed E-state index contributed by atoms with van der Waals surface area (Å²) in [5.41, 5.74) is 6.00. The van der Waals surface area contributed by atoms with Crippen molar-refractivity contribution in [3.63, 3.8) is 0 Å². The molecule has 1 saturated heterocycles. The van der Waals surface area contributed by atoms with Gasteiger partial charge in [-0.05, 0) is 48.0 Å². The van der Waals surface area contributed by atoms with Gasteiger partial charge < -0.3 is 20.9 Å². The molecule has 0 saturated carbocycles. The highest BCUT2D eigenvalue weighted by Crippen LogP contribution is 2.40. The third-order valence-electron chi connectivity index (χ3n) is 5.87. The molecule has 1 aliphatic rings. The SMILES string of the molecule is CC(CO)c1cc(F)c(-c2cc(C(N)=O)c(Nc3ccc(S(=O)(=O)N4CCOCC4)cc3)s2)c(F)c1. The van der Waals surface area contributed by atoms with Crippen molar-refractivity contribution in [3.05, 3.63) is 65.2 Å². The number of sulfonamides is 1. The Hall–Kier alpha value is -2.90. The Balaban J connectivity index is 1.62. The lowest BCUT2D eigenvalue weighted by atomic mass is 9.99. The van der Waals surface area contributed by atoms with Gasteiger partial charge in [-0.25, -0.2) is 17.2 Å². The number of thiophene rings is 1. The van der Waals surface area contributed by atoms with Gasteiger partial charge in [0.15, 0.2) is 0 Å². The second-order valence-electron chi connectivity index (χ2n) is 8.33. The molecule has 0 radical (unpaired) electrons. The maximum atomic E-state index is 14.9. The number of nitrogens with two attached hydrogens (primary N) is 1. The number of aliphatic hydroxyl groups is 1. The molecular formula is C24H25F2N3O5S2. The van der Waals surface area contributed by atoms with Crippen molar-refractivity contribution in [1.29, 1.82) is 0 Å². The van der Waals surface area contributed by atoms with Crippen LogP contribution in [0, 0.1) is 11.6 Å². The number of hydrogen-bond donors (Lipinski definition) is 3. The minimum absolute atomic E-state index is 0.0339. The smallest absolute Gasteiger partial charge is 0.251 e. The van der Waals surface area contributed by atoms with Crippen molar-refractivity contribution < 1.29 is 31.8 Å². The summed E-state index contributed by atoms with van der Waals surface area (Å²) in [6.07, 6.45) is 0. The monoisotopic (exact) mass is 537 g/mol. The zero-order chi connectivity index (χ0) is 26.0. The summed E-state index contributed by atoms with van der Waals surface area (Å²) in [5, 5.41) is 12.5. The third-order valence-corrected chi connectivity index (χ3v) is 8.85. The van der Waals surface area contributed by atoms with Crippen LogP contribution >= 0.6 is 11.3 Å². The number of benzene rings is 2. The number of halogens is 2. The summed E-state index contributed by atoms with van der Waals surface area (Å²) in [6, 6.07) is 9.56. The highest BCUT2D eigenvalue weighted by atomic mass is 32.2. The average molecular weight is 538 g/mol. The van der Waals surface area contributed by atoms with Crippen molar-refractivity contribution in [3.8, 4) is 10.4 Å². The normalized spacial score (nSPS) is 15.6. The van der Waals surface area contributed by atoms with Gasteiger partial charge in [-0.3, -0.25) is 4.79 Å². The van der Waals surface area contributed by atoms with Crippen LogP contribution in [0.4, 0.5) is 19.5 Å². The lowest BCUT2D eigenvalue weighted by Crippen LogP contribution is -2.40. The van der Waals surface area contributed by atoms with Gasteiger partial charge in [0.1, 0.15) is 16.6 Å². The summed E-state index contributed by atoms with van der Waals surface area (Å²) in [7, 11) is -3.67. The van der Waals surface area contributed by atoms with Crippen LogP contribution in [0.15, 0.2) is 47.4 Å². The largest absolute Gasteiger partial charge is 0.396 e. The Morgan fingerprint density at radius 3 is 2.33 bits per heavy atom. The molecule has 0 spiro atoms. The second kappa shape index (κ2) is 10.6. The predicted octanol–water partition coefficient (Wildman–Crippen LogP) is 3.65. The third kappa shape index (κ3) is 5.27. The minimum atomic E-state index is -3.67. The van der Waals surface area contributed by atoms with Crippen LogP contribution in [-0.4, -0.2) is 56.6 Å². The molecule has 12 heteroatoms. The molecule has 3 aromatic rings. The van der Waals surface area contributed by atoms with Crippen LogP contribution in [0.2, 0.25) is 0 Å². The van der Waals surface area contributed by atoms with Crippen LogP contribution in [-0.2, 0) is 14.8 Å². The van der Waals surface area contributed by atoms with Gasteiger partial charge in [-0.2, -0.15) is 4.31 Å². The summed E-state index contributed by atoms with van der Waals surface area (Å²) in [5.74, 6) is -2.89. The molecule has 0 aliphatic carbocycles. The van der Waals surface area contributed by atoms with E-state index in [1.165, 1.54) is 34.6 Å². The van der Waals surface area contributed by atoms with Crippen molar-refractivity contribution in [2.45, 2.75) is 17.7 Å². The molecule has 2 aromatic carbocycles. The molecule has 1 aliphatic heterocycles. The average Bonchev–Trinajstić information content (AvgIpc) is 3.27. The van der Waals surface area contributed by atoms with Crippen LogP contribution in [0.25, 0.3) is 10.4 Å². The maximum absolute atomic E-state index is 14.9. The van der Waals surface area contributed by atoms with E-state index in [-0.39, 0.29) is 45.6 Å². The number of amides is 1. The molecule has 2 heterocycles. The number of carbonyl (C=O) groups is 1. The molecule has 192 valence electrons. The van der Waals surface area contributed by atoms with E-state index in [0.29, 0.717) is 24.5 Å². The fourth-order valence-electron chi connectivity index (χ4n) is 3.79. The topological polar surface area (TPSA) is 122 Å². The van der Waals surface area contributed by atoms with Gasteiger partial charge in [-0.15, -0.1) is 11.3 Å². The highest BCUT2D eigenvalue weighted by Gasteiger charge is 2.26. The van der Waals surface area contributed by atoms with Gasteiger partial charge in [0.05, 0.1) is 29.2 Å². The van der Waals surface area contributed by atoms with E-state index >= 15 is 0 Å². The molecule has 8 nitrogen and oxygen atoms in total. The first-order valence-corrected chi connectivity index (χ1v) is 13.4. The summed E-state index contributed by atoms with van der Waals surface area (Å²) in [4.78, 5) is 12.3. The van der Waals surface area contributed by atoms with Crippen LogP contribution in [0.5, 0.6) is 0 Å². The highest BCUT2D eigenvalue weighted by molar-refractivity contribution is 7.89. The van der Waals surface area contributed by atoms with Crippen LogP contribution < -0.4 is 11.1 Å². The number of hydrogen-bond acceptors (Lipinski definition) is 7. The fraction of sp³-hybridized carbons (Fsp3) is 0.292. The number of ether oxygens (including phenoxy) is 1. The van der Waals surface area contributed by atoms with Crippen LogP contribution in [0.1, 0.15) is 28.8 Å². The molecule has 1 unspecified atom stereocenters. The first-order chi connectivity index (χ1) is 17.1. The molecule has 1 aromatic heterocycles. The summed E-state index contributed by atoms with van der Waals surface area (Å²) in [6.45, 7) is 2.59. The number of anilines is 2. The lowest BCUT2D eigenvalue weighted by molar-refractivity contribution is 0.0730. The van der Waals surface area contributed by atoms with Gasteiger partial charge in [0.25, 0.3) is 5.91 Å². The Kier molecular flexibility index (Phi) is 7.71. The fourth-order valence-corrected chi connectivity index (χ4v) is 6.33. The van der Waals surface area contributed by atoms with E-state index < -0.39 is 33.5 Å². The first kappa shape index (κ1) is 26.2. The molecule has 1 amide bonds. The second-order valence-corrected chi connectivity index (χ2v) is 11.3. The van der Waals surface area contributed by atoms with E-state index in [1.54, 1.807) is 6.92 Å². The number of morpholine rings is 1. The number of nitrogens with zero attached hydrogens (tertiary/aromatic N) is 1. The first-order valence-electron chi connectivity index (χ1n) is 11.1. The maximum Gasteiger partial charge on any atom is 0.251 e. The molecule has 1 atom stereocenters. The standard InChI is InChI=1S/C24H25F2N3O5S2/c1-14(13-30)15-10-19(25)22(20(26)11-15)21-12-18(23(27)31)24(35-21)28-16-2-4-17(5-3-16)36(32,33)29-6-8-34-9-7-29/h2-5,10-12,14,28,30H,6-9,13H2,1H3,(H2,27,31). The Bertz CT molecular complexity index is 1350. The molecule has 1 fully saturated rings. The van der Waals surface area contributed by atoms with E-state index in [4.69, 9.17) is 10.5 Å². The minimum Gasteiger partial charge on any atom is -0.396 e. The van der Waals surface area contributed by atoms with Crippen molar-refractivity contribution >= 4 is 38.0 Å². The molecular weight excluding hydrogens is 512 g/mol. The number of nitrogens with one attached hydrogen (secondary N) is 1. The quantitative estimate of drug-likeness (QED) is 0.403. The van der Waals surface area contributed by atoms with E-state index in [9.17, 15) is 27.1 Å². The van der Waals surface area contributed by atoms with E-state index in [2.05, 4.69) is 5.32 Å². The number of carbonyl (C=O) groups excluding carboxylic acids is 1. The van der Waals surface area contributed by atoms with Gasteiger partial charge in [0.2, 0.25) is 10.0 Å². The number of aliphatic hydroxyl groups excluding tert-OH is 1. The molecule has 4 N–H and O–H groups in total. The number of rotatable bonds is 8. The van der Waals surface area contributed by atoms with E-state index in [0.717, 1.165) is 23.5 Å². The summed E-state index contributed by atoms with van der Waals surface area (Å²) >= 11 is 0.935. The van der Waals surface area contributed by atoms with Crippen molar-refractivity contribution in [2.75, 3.05) is 38.2 Å². The zero-order valence-corrected chi connectivity index (χ0v) is 21.0. The Labute approximate surface area is 211 Å². The zero-order valence-electron chi connectivity index (χ0n) is 19.3. The van der Waals surface area contributed by atoms with Gasteiger partial charge in [-0.1, -0.05) is 6.92 Å². The van der Waals surface area contributed by atoms with Gasteiger partial charge in [0, 0.05) is 36.2 Å². The van der Waals surface area contributed by atoms with E-state index in [1.807, 2.05) is 0 Å². The Morgan fingerprint density at radius 2 is 1.78 bits per heavy atom. The van der Waals surface area contributed by atoms with Crippen molar-refractivity contribution in [1.82, 2.24) is 4.31 Å². The molecule has 0 bridgehead atoms. The predicted molar refractivity (Wildman–Crippen MR) is 133 cm³/mol. The Morgan fingerprint density at radius 1 is 1.17 bits per heavy atom.